The van der Waals surface area contributed by atoms with Crippen LogP contribution in [0.2, 0.25) is 0 Å². The van der Waals surface area contributed by atoms with Gasteiger partial charge in [-0.25, -0.2) is 0 Å². The molecule has 0 aromatic heterocycles. The number of benzene rings is 1. The topological polar surface area (TPSA) is 110 Å². The third kappa shape index (κ3) is 3.26. The first kappa shape index (κ1) is 18.3. The molecule has 0 saturated carbocycles. The number of ketones is 1. The molecular formula is C18H23NO5. The number of hydrogen-bond donors (Lipinski definition) is 4. The van der Waals surface area contributed by atoms with Crippen LogP contribution in [0.15, 0.2) is 34.8 Å². The fourth-order valence-electron chi connectivity index (χ4n) is 2.62. The number of carbonyl (C=O) groups excluding carboxylic acids is 1. The normalized spacial score (nSPS) is 16.7. The Bertz CT molecular complexity index is 665. The predicted octanol–water partition coefficient (Wildman–Crippen LogP) is 1.23. The van der Waals surface area contributed by atoms with Gasteiger partial charge in [0.2, 0.25) is 5.78 Å². The molecule has 0 atom stereocenters. The molecule has 6 heteroatoms. The second kappa shape index (κ2) is 7.70. The van der Waals surface area contributed by atoms with E-state index in [9.17, 15) is 25.2 Å². The van der Waals surface area contributed by atoms with E-state index in [2.05, 4.69) is 4.99 Å². The number of allylic oxidation sites excluding steroid dienone is 1. The molecule has 0 unspecified atom stereocenters. The summed E-state index contributed by atoms with van der Waals surface area (Å²) in [7, 11) is 0. The Hall–Kier alpha value is -2.02. The quantitative estimate of drug-likeness (QED) is 0.600. The molecule has 1 aromatic rings. The van der Waals surface area contributed by atoms with Gasteiger partial charge >= 0.3 is 0 Å². The highest BCUT2D eigenvalue weighted by atomic mass is 16.3. The number of rotatable bonds is 7. The zero-order valence-electron chi connectivity index (χ0n) is 13.7. The fourth-order valence-corrected chi connectivity index (χ4v) is 2.62. The van der Waals surface area contributed by atoms with Gasteiger partial charge in [0.25, 0.3) is 0 Å². The van der Waals surface area contributed by atoms with E-state index in [-0.39, 0.29) is 17.0 Å². The minimum atomic E-state index is -1.54. The van der Waals surface area contributed by atoms with Gasteiger partial charge in [-0.3, -0.25) is 9.79 Å². The van der Waals surface area contributed by atoms with Crippen molar-refractivity contribution in [2.24, 2.45) is 4.99 Å². The van der Waals surface area contributed by atoms with Crippen LogP contribution in [0.25, 0.3) is 5.76 Å². The summed E-state index contributed by atoms with van der Waals surface area (Å²) in [6, 6.07) is 6.80. The number of Topliss-reactive ketones (excluding diaryl/α,β-unsaturated/α-hetero) is 1. The fraction of sp³-hybridized carbons (Fsp3) is 0.444. The van der Waals surface area contributed by atoms with Crippen molar-refractivity contribution in [3.63, 3.8) is 0 Å². The summed E-state index contributed by atoms with van der Waals surface area (Å²) in [4.78, 5) is 17.0. The lowest BCUT2D eigenvalue weighted by molar-refractivity contribution is -0.110. The monoisotopic (exact) mass is 333 g/mol. The van der Waals surface area contributed by atoms with Gasteiger partial charge < -0.3 is 20.4 Å². The van der Waals surface area contributed by atoms with Gasteiger partial charge in [-0.15, -0.1) is 0 Å². The smallest absolute Gasteiger partial charge is 0.211 e. The average molecular weight is 333 g/mol. The van der Waals surface area contributed by atoms with Crippen molar-refractivity contribution in [3.05, 3.63) is 41.0 Å². The molecule has 0 fully saturated rings. The van der Waals surface area contributed by atoms with Crippen LogP contribution in [0.4, 0.5) is 0 Å². The molecule has 1 aliphatic rings. The first-order chi connectivity index (χ1) is 11.5. The van der Waals surface area contributed by atoms with E-state index in [0.717, 1.165) is 12.8 Å². The molecule has 24 heavy (non-hydrogen) atoms. The lowest BCUT2D eigenvalue weighted by Gasteiger charge is -2.27. The highest BCUT2D eigenvalue weighted by Gasteiger charge is 2.35. The summed E-state index contributed by atoms with van der Waals surface area (Å²) in [6.45, 7) is 0.193. The molecule has 130 valence electrons. The number of hydrogen-bond acceptors (Lipinski definition) is 6. The predicted molar refractivity (Wildman–Crippen MR) is 91.0 cm³/mol. The van der Waals surface area contributed by atoms with Crippen LogP contribution >= 0.6 is 0 Å². The van der Waals surface area contributed by atoms with Crippen molar-refractivity contribution in [3.8, 4) is 0 Å². The van der Waals surface area contributed by atoms with Gasteiger partial charge in [0, 0.05) is 16.7 Å². The molecular weight excluding hydrogens is 310 g/mol. The van der Waals surface area contributed by atoms with Crippen molar-refractivity contribution in [2.45, 2.75) is 31.7 Å². The molecule has 1 aliphatic carbocycles. The summed E-state index contributed by atoms with van der Waals surface area (Å²) >= 11 is 0. The lowest BCUT2D eigenvalue weighted by Crippen LogP contribution is -2.42. The maximum absolute atomic E-state index is 12.8. The minimum absolute atomic E-state index is 0.0478. The first-order valence-corrected chi connectivity index (χ1v) is 8.02. The molecule has 0 amide bonds. The summed E-state index contributed by atoms with van der Waals surface area (Å²) < 4.78 is 0. The van der Waals surface area contributed by atoms with Gasteiger partial charge in [0.1, 0.15) is 17.0 Å². The number of aliphatic hydroxyl groups excluding tert-OH is 4. The van der Waals surface area contributed by atoms with Crippen molar-refractivity contribution in [2.75, 3.05) is 19.8 Å². The minimum Gasteiger partial charge on any atom is -0.507 e. The Morgan fingerprint density at radius 3 is 2.17 bits per heavy atom. The molecule has 0 radical (unpaired) electrons. The SMILES string of the molecule is CCCCC1=C(O)c2ccccc2C(=NC(CO)(CO)CO)C1=O. The number of nitrogens with zero attached hydrogens (tertiary/aromatic N) is 1. The Balaban J connectivity index is 2.63. The number of carbonyl (C=O) groups is 1. The van der Waals surface area contributed by atoms with E-state index in [1.54, 1.807) is 24.3 Å². The molecule has 6 nitrogen and oxygen atoms in total. The Labute approximate surface area is 140 Å². The van der Waals surface area contributed by atoms with Crippen LogP contribution in [-0.4, -0.2) is 57.3 Å². The maximum atomic E-state index is 12.8. The van der Waals surface area contributed by atoms with Gasteiger partial charge in [0.05, 0.1) is 19.8 Å². The number of fused-ring (bicyclic) bond motifs is 1. The molecule has 2 rings (SSSR count). The second-order valence-corrected chi connectivity index (χ2v) is 5.96. The molecule has 0 spiro atoms. The zero-order valence-corrected chi connectivity index (χ0v) is 13.7. The van der Waals surface area contributed by atoms with Crippen LogP contribution in [-0.2, 0) is 4.79 Å². The summed E-state index contributed by atoms with van der Waals surface area (Å²) in [6.07, 6.45) is 2.02. The highest BCUT2D eigenvalue weighted by Crippen LogP contribution is 2.31. The summed E-state index contributed by atoms with van der Waals surface area (Å²) in [5.74, 6) is -0.482. The van der Waals surface area contributed by atoms with E-state index < -0.39 is 31.1 Å². The largest absolute Gasteiger partial charge is 0.507 e. The van der Waals surface area contributed by atoms with Crippen LogP contribution in [0.5, 0.6) is 0 Å². The average Bonchev–Trinajstić information content (AvgIpc) is 2.62. The van der Waals surface area contributed by atoms with Crippen LogP contribution < -0.4 is 0 Å². The standard InChI is InChI=1S/C18H23NO5/c1-2-3-6-14-16(23)13-8-5-4-7-12(13)15(17(14)24)19-18(9-20,10-21)11-22/h4-5,7-8,20-23H,2-3,6,9-11H2,1H3. The summed E-state index contributed by atoms with van der Waals surface area (Å²) in [5, 5.41) is 39.0. The molecule has 0 saturated heterocycles. The second-order valence-electron chi connectivity index (χ2n) is 5.96. The van der Waals surface area contributed by atoms with Gasteiger partial charge in [-0.2, -0.15) is 0 Å². The number of aliphatic imine (C=N–C) groups is 1. The van der Waals surface area contributed by atoms with Crippen molar-refractivity contribution < 1.29 is 25.2 Å². The van der Waals surface area contributed by atoms with Crippen LogP contribution in [0, 0.1) is 0 Å². The highest BCUT2D eigenvalue weighted by molar-refractivity contribution is 6.54. The Morgan fingerprint density at radius 1 is 1.04 bits per heavy atom. The third-order valence-corrected chi connectivity index (χ3v) is 4.22. The van der Waals surface area contributed by atoms with Crippen molar-refractivity contribution >= 4 is 17.3 Å². The van der Waals surface area contributed by atoms with E-state index in [1.165, 1.54) is 0 Å². The van der Waals surface area contributed by atoms with Crippen LogP contribution in [0.3, 0.4) is 0 Å². The Kier molecular flexibility index (Phi) is 5.88. The van der Waals surface area contributed by atoms with Crippen molar-refractivity contribution in [1.82, 2.24) is 0 Å². The Morgan fingerprint density at radius 2 is 1.62 bits per heavy atom. The van der Waals surface area contributed by atoms with Crippen LogP contribution in [0.1, 0.15) is 37.3 Å². The van der Waals surface area contributed by atoms with Gasteiger partial charge in [-0.05, 0) is 12.8 Å². The van der Waals surface area contributed by atoms with Gasteiger partial charge in [0.15, 0.2) is 0 Å². The molecule has 0 aliphatic heterocycles. The van der Waals surface area contributed by atoms with Crippen molar-refractivity contribution in [1.29, 1.82) is 0 Å². The maximum Gasteiger partial charge on any atom is 0.211 e. The molecule has 0 bridgehead atoms. The third-order valence-electron chi connectivity index (χ3n) is 4.22. The zero-order chi connectivity index (χ0) is 17.7. The van der Waals surface area contributed by atoms with E-state index in [1.807, 2.05) is 6.92 Å². The number of unbranched alkanes of at least 4 members (excludes halogenated alkanes) is 1. The van der Waals surface area contributed by atoms with E-state index >= 15 is 0 Å². The molecule has 1 aromatic carbocycles. The molecule has 4 N–H and O–H groups in total. The van der Waals surface area contributed by atoms with E-state index in [4.69, 9.17) is 0 Å². The summed E-state index contributed by atoms with van der Waals surface area (Å²) in [5.41, 5.74) is -0.297. The lowest BCUT2D eigenvalue weighted by atomic mass is 9.85. The van der Waals surface area contributed by atoms with Gasteiger partial charge in [-0.1, -0.05) is 37.6 Å². The number of aliphatic hydroxyl groups is 4. The van der Waals surface area contributed by atoms with E-state index in [0.29, 0.717) is 17.5 Å². The molecule has 0 heterocycles. The first-order valence-electron chi connectivity index (χ1n) is 8.02.